The summed E-state index contributed by atoms with van der Waals surface area (Å²) in [6, 6.07) is 3.07. The lowest BCUT2D eigenvalue weighted by Gasteiger charge is -2.35. The molecule has 0 radical (unpaired) electrons. The monoisotopic (exact) mass is 342 g/mol. The molecule has 2 rings (SSSR count). The lowest BCUT2D eigenvalue weighted by Crippen LogP contribution is -2.50. The number of halogens is 2. The molecule has 1 heterocycles. The minimum absolute atomic E-state index is 0.210. The Morgan fingerprint density at radius 2 is 2.08 bits per heavy atom. The molecule has 1 aliphatic heterocycles. The molecule has 0 spiro atoms. The zero-order valence-electron chi connectivity index (χ0n) is 14.0. The lowest BCUT2D eigenvalue weighted by atomic mass is 9.94. The first-order valence-electron chi connectivity index (χ1n) is 8.05. The summed E-state index contributed by atoms with van der Waals surface area (Å²) >= 11 is 0. The maximum absolute atomic E-state index is 13.7. The largest absolute Gasteiger partial charge is 0.388 e. The van der Waals surface area contributed by atoms with Gasteiger partial charge in [0.25, 0.3) is 0 Å². The minimum Gasteiger partial charge on any atom is -0.388 e. The third kappa shape index (κ3) is 4.88. The number of ether oxygens (including phenoxy) is 1. The van der Waals surface area contributed by atoms with Crippen LogP contribution in [0.5, 0.6) is 0 Å². The molecule has 134 valence electrons. The predicted octanol–water partition coefficient (Wildman–Crippen LogP) is 2.25. The second-order valence-corrected chi connectivity index (χ2v) is 6.45. The number of amides is 2. The molecule has 1 unspecified atom stereocenters. The molecule has 2 amide bonds. The molecule has 5 nitrogen and oxygen atoms in total. The van der Waals surface area contributed by atoms with Crippen molar-refractivity contribution in [2.75, 3.05) is 33.4 Å². The topological polar surface area (TPSA) is 61.8 Å². The molecule has 1 fully saturated rings. The Morgan fingerprint density at radius 3 is 2.71 bits per heavy atom. The van der Waals surface area contributed by atoms with Crippen LogP contribution in [0.15, 0.2) is 18.2 Å². The molecule has 0 aromatic heterocycles. The Bertz CT molecular complexity index is 577. The van der Waals surface area contributed by atoms with Gasteiger partial charge in [-0.05, 0) is 11.6 Å². The number of benzene rings is 1. The standard InChI is InChI=1S/C17H24F2N2O3/c1-12(14-4-3-13(18)9-15(14)19)10-20-16(22)21(2)11-17(23)5-7-24-8-6-17/h3-4,9,12,23H,5-8,10-11H2,1-2H3,(H,20,22). The number of hydrogen-bond donors (Lipinski definition) is 2. The van der Waals surface area contributed by atoms with Crippen LogP contribution < -0.4 is 5.32 Å². The Morgan fingerprint density at radius 1 is 1.42 bits per heavy atom. The first-order chi connectivity index (χ1) is 11.3. The van der Waals surface area contributed by atoms with Crippen molar-refractivity contribution in [3.63, 3.8) is 0 Å². The summed E-state index contributed by atoms with van der Waals surface area (Å²) in [6.45, 7) is 3.14. The molecule has 1 aromatic rings. The molecule has 0 saturated carbocycles. The van der Waals surface area contributed by atoms with Crippen LogP contribution in [0.2, 0.25) is 0 Å². The van der Waals surface area contributed by atoms with Gasteiger partial charge in [0, 0.05) is 51.6 Å². The maximum Gasteiger partial charge on any atom is 0.317 e. The average Bonchev–Trinajstić information content (AvgIpc) is 2.52. The summed E-state index contributed by atoms with van der Waals surface area (Å²) < 4.78 is 31.9. The fraction of sp³-hybridized carbons (Fsp3) is 0.588. The van der Waals surface area contributed by atoms with Crippen LogP contribution in [0.3, 0.4) is 0 Å². The normalized spacial score (nSPS) is 18.0. The first-order valence-corrected chi connectivity index (χ1v) is 8.05. The van der Waals surface area contributed by atoms with Gasteiger partial charge in [0.2, 0.25) is 0 Å². The molecule has 0 aliphatic carbocycles. The molecule has 1 aliphatic rings. The highest BCUT2D eigenvalue weighted by Crippen LogP contribution is 2.22. The number of urea groups is 1. The fourth-order valence-corrected chi connectivity index (χ4v) is 2.81. The summed E-state index contributed by atoms with van der Waals surface area (Å²) in [6.07, 6.45) is 0.976. The van der Waals surface area contributed by atoms with Crippen molar-refractivity contribution in [1.29, 1.82) is 0 Å². The van der Waals surface area contributed by atoms with E-state index in [1.165, 1.54) is 17.0 Å². The van der Waals surface area contributed by atoms with Crippen LogP contribution in [-0.2, 0) is 4.74 Å². The van der Waals surface area contributed by atoms with Gasteiger partial charge in [0.1, 0.15) is 11.6 Å². The van der Waals surface area contributed by atoms with E-state index in [2.05, 4.69) is 5.32 Å². The molecule has 24 heavy (non-hydrogen) atoms. The van der Waals surface area contributed by atoms with Crippen molar-refractivity contribution in [2.45, 2.75) is 31.3 Å². The quantitative estimate of drug-likeness (QED) is 0.863. The van der Waals surface area contributed by atoms with Gasteiger partial charge in [-0.3, -0.25) is 0 Å². The number of rotatable bonds is 5. The van der Waals surface area contributed by atoms with Gasteiger partial charge in [0.05, 0.1) is 12.1 Å². The van der Waals surface area contributed by atoms with Gasteiger partial charge < -0.3 is 20.1 Å². The summed E-state index contributed by atoms with van der Waals surface area (Å²) in [4.78, 5) is 13.6. The smallest absolute Gasteiger partial charge is 0.317 e. The van der Waals surface area contributed by atoms with Crippen molar-refractivity contribution >= 4 is 6.03 Å². The predicted molar refractivity (Wildman–Crippen MR) is 85.8 cm³/mol. The number of aliphatic hydroxyl groups is 1. The third-order valence-electron chi connectivity index (χ3n) is 4.35. The first kappa shape index (κ1) is 18.6. The SMILES string of the molecule is CC(CNC(=O)N(C)CC1(O)CCOCC1)c1ccc(F)cc1F. The maximum atomic E-state index is 13.7. The van der Waals surface area contributed by atoms with Gasteiger partial charge in [0.15, 0.2) is 0 Å². The molecule has 7 heteroatoms. The molecule has 2 N–H and O–H groups in total. The van der Waals surface area contributed by atoms with Gasteiger partial charge in [-0.15, -0.1) is 0 Å². The second-order valence-electron chi connectivity index (χ2n) is 6.45. The number of likely N-dealkylation sites (N-methyl/N-ethyl adjacent to an activating group) is 1. The Kier molecular flexibility index (Phi) is 6.12. The Balaban J connectivity index is 1.85. The van der Waals surface area contributed by atoms with Crippen LogP contribution in [0.1, 0.15) is 31.2 Å². The zero-order chi connectivity index (χ0) is 17.7. The van der Waals surface area contributed by atoms with E-state index in [1.807, 2.05) is 0 Å². The highest BCUT2D eigenvalue weighted by atomic mass is 19.1. The van der Waals surface area contributed by atoms with E-state index in [0.717, 1.165) is 6.07 Å². The fourth-order valence-electron chi connectivity index (χ4n) is 2.81. The molecular weight excluding hydrogens is 318 g/mol. The molecule has 1 aromatic carbocycles. The van der Waals surface area contributed by atoms with Crippen LogP contribution >= 0.6 is 0 Å². The van der Waals surface area contributed by atoms with Crippen LogP contribution in [0.25, 0.3) is 0 Å². The van der Waals surface area contributed by atoms with E-state index >= 15 is 0 Å². The molecular formula is C17H24F2N2O3. The Labute approximate surface area is 140 Å². The zero-order valence-corrected chi connectivity index (χ0v) is 14.0. The van der Waals surface area contributed by atoms with E-state index in [1.54, 1.807) is 14.0 Å². The summed E-state index contributed by atoms with van der Waals surface area (Å²) in [7, 11) is 1.60. The van der Waals surface area contributed by atoms with Crippen molar-refractivity contribution in [1.82, 2.24) is 10.2 Å². The van der Waals surface area contributed by atoms with Crippen LogP contribution in [-0.4, -0.2) is 55.0 Å². The summed E-state index contributed by atoms with van der Waals surface area (Å²) in [5.74, 6) is -1.55. The third-order valence-corrected chi connectivity index (χ3v) is 4.35. The van der Waals surface area contributed by atoms with E-state index in [0.29, 0.717) is 31.6 Å². The second kappa shape index (κ2) is 7.90. The lowest BCUT2D eigenvalue weighted by molar-refractivity contribution is -0.0722. The van der Waals surface area contributed by atoms with Crippen molar-refractivity contribution in [3.8, 4) is 0 Å². The highest BCUT2D eigenvalue weighted by Gasteiger charge is 2.32. The number of carbonyl (C=O) groups is 1. The van der Waals surface area contributed by atoms with Gasteiger partial charge in [-0.1, -0.05) is 13.0 Å². The average molecular weight is 342 g/mol. The Hall–Kier alpha value is -1.73. The van der Waals surface area contributed by atoms with Crippen molar-refractivity contribution in [2.24, 2.45) is 0 Å². The molecule has 0 bridgehead atoms. The van der Waals surface area contributed by atoms with E-state index < -0.39 is 17.2 Å². The van der Waals surface area contributed by atoms with E-state index in [4.69, 9.17) is 4.74 Å². The number of nitrogens with zero attached hydrogens (tertiary/aromatic N) is 1. The number of nitrogens with one attached hydrogen (secondary N) is 1. The van der Waals surface area contributed by atoms with E-state index in [-0.39, 0.29) is 25.0 Å². The van der Waals surface area contributed by atoms with Crippen molar-refractivity contribution < 1.29 is 23.4 Å². The van der Waals surface area contributed by atoms with Gasteiger partial charge in [-0.25, -0.2) is 13.6 Å². The summed E-state index contributed by atoms with van der Waals surface area (Å²) in [5.41, 5.74) is -0.582. The number of hydrogen-bond acceptors (Lipinski definition) is 3. The number of carbonyl (C=O) groups excluding carboxylic acids is 1. The van der Waals surface area contributed by atoms with Crippen LogP contribution in [0, 0.1) is 11.6 Å². The van der Waals surface area contributed by atoms with Crippen LogP contribution in [0.4, 0.5) is 13.6 Å². The molecule has 1 atom stereocenters. The van der Waals surface area contributed by atoms with Gasteiger partial charge >= 0.3 is 6.03 Å². The highest BCUT2D eigenvalue weighted by molar-refractivity contribution is 5.74. The van der Waals surface area contributed by atoms with Gasteiger partial charge in [-0.2, -0.15) is 0 Å². The minimum atomic E-state index is -0.932. The summed E-state index contributed by atoms with van der Waals surface area (Å²) in [5, 5.41) is 13.1. The van der Waals surface area contributed by atoms with E-state index in [9.17, 15) is 18.7 Å². The molecule has 1 saturated heterocycles. The van der Waals surface area contributed by atoms with Crippen molar-refractivity contribution in [3.05, 3.63) is 35.4 Å².